The van der Waals surface area contributed by atoms with Crippen molar-refractivity contribution in [2.45, 2.75) is 51.1 Å². The molecule has 98 valence electrons. The number of nitrogens with one attached hydrogen (secondary N) is 1. The van der Waals surface area contributed by atoms with Crippen LogP contribution in [0.5, 0.6) is 0 Å². The molecule has 4 heteroatoms. The van der Waals surface area contributed by atoms with Crippen LogP contribution >= 0.6 is 0 Å². The molecule has 1 heterocycles. The maximum Gasteiger partial charge on any atom is 0.234 e. The van der Waals surface area contributed by atoms with Gasteiger partial charge in [-0.2, -0.15) is 0 Å². The highest BCUT2D eigenvalue weighted by Gasteiger charge is 2.25. The molecule has 0 aromatic carbocycles. The quantitative estimate of drug-likeness (QED) is 0.763. The third kappa shape index (κ3) is 3.68. The van der Waals surface area contributed by atoms with Crippen molar-refractivity contribution in [2.24, 2.45) is 11.7 Å². The van der Waals surface area contributed by atoms with Crippen LogP contribution in [0.4, 0.5) is 0 Å². The fourth-order valence-electron chi connectivity index (χ4n) is 2.94. The van der Waals surface area contributed by atoms with Crippen LogP contribution < -0.4 is 11.1 Å². The van der Waals surface area contributed by atoms with Crippen molar-refractivity contribution in [2.75, 3.05) is 19.6 Å². The van der Waals surface area contributed by atoms with Crippen LogP contribution in [0.15, 0.2) is 0 Å². The minimum Gasteiger partial charge on any atom is -0.352 e. The first kappa shape index (κ1) is 12.8. The van der Waals surface area contributed by atoms with Crippen LogP contribution in [-0.4, -0.2) is 42.5 Å². The van der Waals surface area contributed by atoms with Gasteiger partial charge in [0.2, 0.25) is 5.91 Å². The second-order valence-corrected chi connectivity index (χ2v) is 5.71. The number of rotatable bonds is 3. The largest absolute Gasteiger partial charge is 0.352 e. The van der Waals surface area contributed by atoms with Crippen LogP contribution in [0.2, 0.25) is 0 Å². The lowest BCUT2D eigenvalue weighted by molar-refractivity contribution is -0.123. The molecule has 3 N–H and O–H groups in total. The Balaban J connectivity index is 1.71. The minimum atomic E-state index is 0.194. The van der Waals surface area contributed by atoms with E-state index in [2.05, 4.69) is 17.1 Å². The number of hydrogen-bond acceptors (Lipinski definition) is 3. The molecule has 4 nitrogen and oxygen atoms in total. The Bertz CT molecular complexity index is 263. The fraction of sp³-hybridized carbons (Fsp3) is 0.923. The smallest absolute Gasteiger partial charge is 0.234 e. The zero-order valence-electron chi connectivity index (χ0n) is 10.8. The first-order valence-corrected chi connectivity index (χ1v) is 6.92. The normalized spacial score (nSPS) is 31.6. The number of hydrogen-bond donors (Lipinski definition) is 2. The predicted octanol–water partition coefficient (Wildman–Crippen LogP) is 0.714. The molecule has 1 aliphatic carbocycles. The van der Waals surface area contributed by atoms with Crippen molar-refractivity contribution in [3.8, 4) is 0 Å². The van der Waals surface area contributed by atoms with Gasteiger partial charge in [0.1, 0.15) is 0 Å². The first-order valence-electron chi connectivity index (χ1n) is 6.92. The fourth-order valence-corrected chi connectivity index (χ4v) is 2.94. The standard InChI is InChI=1S/C13H25N3O/c1-10-8-16(7-6-12(10)14)9-13(17)15-11-4-2-3-5-11/h10-12H,2-9,14H2,1H3,(H,15,17). The molecule has 2 fully saturated rings. The van der Waals surface area contributed by atoms with E-state index in [0.717, 1.165) is 32.4 Å². The number of nitrogens with two attached hydrogens (primary N) is 1. The molecule has 2 rings (SSSR count). The van der Waals surface area contributed by atoms with E-state index in [9.17, 15) is 4.79 Å². The molecule has 2 aliphatic rings. The summed E-state index contributed by atoms with van der Waals surface area (Å²) in [4.78, 5) is 14.1. The van der Waals surface area contributed by atoms with Crippen molar-refractivity contribution in [3.63, 3.8) is 0 Å². The summed E-state index contributed by atoms with van der Waals surface area (Å²) < 4.78 is 0. The van der Waals surface area contributed by atoms with E-state index in [1.165, 1.54) is 12.8 Å². The summed E-state index contributed by atoms with van der Waals surface area (Å²) in [5.41, 5.74) is 5.98. The van der Waals surface area contributed by atoms with Gasteiger partial charge in [0.25, 0.3) is 0 Å². The van der Waals surface area contributed by atoms with Crippen molar-refractivity contribution >= 4 is 5.91 Å². The summed E-state index contributed by atoms with van der Waals surface area (Å²) in [7, 11) is 0. The molecule has 0 aromatic heterocycles. The van der Waals surface area contributed by atoms with E-state index in [-0.39, 0.29) is 5.91 Å². The van der Waals surface area contributed by atoms with Gasteiger partial charge >= 0.3 is 0 Å². The van der Waals surface area contributed by atoms with Crippen LogP contribution in [0.3, 0.4) is 0 Å². The van der Waals surface area contributed by atoms with Gasteiger partial charge < -0.3 is 11.1 Å². The Morgan fingerprint density at radius 2 is 2.06 bits per heavy atom. The maximum absolute atomic E-state index is 11.9. The molecule has 1 aliphatic heterocycles. The molecule has 0 bridgehead atoms. The molecule has 1 saturated carbocycles. The van der Waals surface area contributed by atoms with Crippen molar-refractivity contribution in [1.82, 2.24) is 10.2 Å². The molecular weight excluding hydrogens is 214 g/mol. The van der Waals surface area contributed by atoms with E-state index in [0.29, 0.717) is 24.5 Å². The molecule has 1 amide bonds. The van der Waals surface area contributed by atoms with Crippen LogP contribution in [0.25, 0.3) is 0 Å². The average molecular weight is 239 g/mol. The molecular formula is C13H25N3O. The predicted molar refractivity (Wildman–Crippen MR) is 68.6 cm³/mol. The highest BCUT2D eigenvalue weighted by atomic mass is 16.2. The lowest BCUT2D eigenvalue weighted by Gasteiger charge is -2.34. The van der Waals surface area contributed by atoms with Crippen molar-refractivity contribution < 1.29 is 4.79 Å². The molecule has 0 spiro atoms. The van der Waals surface area contributed by atoms with E-state index in [1.54, 1.807) is 0 Å². The third-order valence-electron chi connectivity index (χ3n) is 4.14. The zero-order valence-corrected chi connectivity index (χ0v) is 10.8. The van der Waals surface area contributed by atoms with Gasteiger partial charge in [-0.1, -0.05) is 19.8 Å². The van der Waals surface area contributed by atoms with Crippen molar-refractivity contribution in [3.05, 3.63) is 0 Å². The second kappa shape index (κ2) is 5.83. The summed E-state index contributed by atoms with van der Waals surface area (Å²) in [6, 6.07) is 0.746. The summed E-state index contributed by atoms with van der Waals surface area (Å²) in [6.07, 6.45) is 5.86. The first-order chi connectivity index (χ1) is 8.15. The third-order valence-corrected chi connectivity index (χ3v) is 4.14. The van der Waals surface area contributed by atoms with Crippen LogP contribution in [-0.2, 0) is 4.79 Å². The minimum absolute atomic E-state index is 0.194. The van der Waals surface area contributed by atoms with E-state index >= 15 is 0 Å². The Morgan fingerprint density at radius 1 is 1.35 bits per heavy atom. The molecule has 17 heavy (non-hydrogen) atoms. The Kier molecular flexibility index (Phi) is 4.40. The van der Waals surface area contributed by atoms with Gasteiger partial charge in [-0.3, -0.25) is 9.69 Å². The van der Waals surface area contributed by atoms with Gasteiger partial charge in [-0.05, 0) is 25.2 Å². The number of piperidine rings is 1. The lowest BCUT2D eigenvalue weighted by atomic mass is 9.95. The van der Waals surface area contributed by atoms with E-state index in [4.69, 9.17) is 5.73 Å². The molecule has 2 unspecified atom stereocenters. The number of nitrogens with zero attached hydrogens (tertiary/aromatic N) is 1. The van der Waals surface area contributed by atoms with Crippen LogP contribution in [0, 0.1) is 5.92 Å². The van der Waals surface area contributed by atoms with Gasteiger partial charge in [-0.15, -0.1) is 0 Å². The highest BCUT2D eigenvalue weighted by Crippen LogP contribution is 2.18. The zero-order chi connectivity index (χ0) is 12.3. The van der Waals surface area contributed by atoms with Crippen molar-refractivity contribution in [1.29, 1.82) is 0 Å². The summed E-state index contributed by atoms with van der Waals surface area (Å²) in [6.45, 7) is 4.64. The van der Waals surface area contributed by atoms with Gasteiger partial charge in [-0.25, -0.2) is 0 Å². The maximum atomic E-state index is 11.9. The number of carbonyl (C=O) groups is 1. The lowest BCUT2D eigenvalue weighted by Crippen LogP contribution is -2.49. The summed E-state index contributed by atoms with van der Waals surface area (Å²) in [5.74, 6) is 0.697. The molecule has 1 saturated heterocycles. The van der Waals surface area contributed by atoms with E-state index < -0.39 is 0 Å². The van der Waals surface area contributed by atoms with Crippen LogP contribution in [0.1, 0.15) is 39.0 Å². The topological polar surface area (TPSA) is 58.4 Å². The number of carbonyl (C=O) groups excluding carboxylic acids is 1. The monoisotopic (exact) mass is 239 g/mol. The number of likely N-dealkylation sites (tertiary alicyclic amines) is 1. The van der Waals surface area contributed by atoms with Gasteiger partial charge in [0.15, 0.2) is 0 Å². The highest BCUT2D eigenvalue weighted by molar-refractivity contribution is 5.78. The Labute approximate surface area is 104 Å². The molecule has 0 aromatic rings. The van der Waals surface area contributed by atoms with Gasteiger partial charge in [0.05, 0.1) is 6.54 Å². The summed E-state index contributed by atoms with van der Waals surface area (Å²) in [5, 5.41) is 3.14. The Morgan fingerprint density at radius 3 is 2.71 bits per heavy atom. The molecule has 2 atom stereocenters. The number of amides is 1. The summed E-state index contributed by atoms with van der Waals surface area (Å²) >= 11 is 0. The Hall–Kier alpha value is -0.610. The van der Waals surface area contributed by atoms with Gasteiger partial charge in [0, 0.05) is 25.2 Å². The second-order valence-electron chi connectivity index (χ2n) is 5.71. The molecule has 0 radical (unpaired) electrons. The SMILES string of the molecule is CC1CN(CC(=O)NC2CCCC2)CCC1N. The average Bonchev–Trinajstić information content (AvgIpc) is 2.76. The van der Waals surface area contributed by atoms with E-state index in [1.807, 2.05) is 0 Å².